The van der Waals surface area contributed by atoms with Gasteiger partial charge in [-0.25, -0.2) is 0 Å². The SMILES string of the molecule is CCSC(CC(SCC)SCC)SCC. The molecule has 0 aromatic heterocycles. The first kappa shape index (κ1) is 16.4. The van der Waals surface area contributed by atoms with Crippen molar-refractivity contribution >= 4 is 47.0 Å². The molecule has 0 saturated carbocycles. The highest BCUT2D eigenvalue weighted by atomic mass is 32.2. The molecule has 0 radical (unpaired) electrons. The highest BCUT2D eigenvalue weighted by Crippen LogP contribution is 2.35. The molecule has 0 aliphatic heterocycles. The maximum absolute atomic E-state index is 2.27. The summed E-state index contributed by atoms with van der Waals surface area (Å²) >= 11 is 8.47. The van der Waals surface area contributed by atoms with Crippen LogP contribution in [-0.4, -0.2) is 32.2 Å². The average Bonchev–Trinajstić information content (AvgIpc) is 2.19. The quantitative estimate of drug-likeness (QED) is 0.515. The summed E-state index contributed by atoms with van der Waals surface area (Å²) < 4.78 is 1.62. The molecule has 0 aromatic carbocycles. The van der Waals surface area contributed by atoms with Crippen molar-refractivity contribution in [3.05, 3.63) is 0 Å². The van der Waals surface area contributed by atoms with Crippen LogP contribution in [0.5, 0.6) is 0 Å². The summed E-state index contributed by atoms with van der Waals surface area (Å²) in [6.45, 7) is 9.07. The molecule has 0 bridgehead atoms. The van der Waals surface area contributed by atoms with Crippen LogP contribution in [0.2, 0.25) is 0 Å². The maximum atomic E-state index is 2.27. The molecule has 0 spiro atoms. The molecule has 0 saturated heterocycles. The number of hydrogen-bond donors (Lipinski definition) is 0. The van der Waals surface area contributed by atoms with E-state index in [1.54, 1.807) is 0 Å². The smallest absolute Gasteiger partial charge is 0.0520 e. The van der Waals surface area contributed by atoms with Gasteiger partial charge in [-0.15, -0.1) is 47.0 Å². The van der Waals surface area contributed by atoms with E-state index in [4.69, 9.17) is 0 Å². The molecule has 0 rings (SSSR count). The molecule has 0 fully saturated rings. The predicted octanol–water partition coefficient (Wildman–Crippen LogP) is 5.04. The minimum Gasteiger partial charge on any atom is -0.148 e. The highest BCUT2D eigenvalue weighted by Gasteiger charge is 2.16. The van der Waals surface area contributed by atoms with Crippen LogP contribution in [0, 0.1) is 0 Å². The fourth-order valence-electron chi connectivity index (χ4n) is 1.27. The van der Waals surface area contributed by atoms with Crippen LogP contribution in [-0.2, 0) is 0 Å². The fourth-order valence-corrected chi connectivity index (χ4v) is 6.96. The number of rotatable bonds is 10. The molecule has 4 heteroatoms. The molecule has 15 heavy (non-hydrogen) atoms. The van der Waals surface area contributed by atoms with Gasteiger partial charge in [0.15, 0.2) is 0 Å². The van der Waals surface area contributed by atoms with Crippen molar-refractivity contribution in [2.45, 2.75) is 43.3 Å². The minimum absolute atomic E-state index is 0.808. The zero-order valence-electron chi connectivity index (χ0n) is 10.3. The van der Waals surface area contributed by atoms with E-state index in [2.05, 4.69) is 74.7 Å². The van der Waals surface area contributed by atoms with E-state index in [1.165, 1.54) is 29.4 Å². The summed E-state index contributed by atoms with van der Waals surface area (Å²) in [5.74, 6) is 4.99. The van der Waals surface area contributed by atoms with Crippen molar-refractivity contribution < 1.29 is 0 Å². The summed E-state index contributed by atoms with van der Waals surface area (Å²) in [5.41, 5.74) is 0. The average molecular weight is 285 g/mol. The van der Waals surface area contributed by atoms with Crippen LogP contribution in [0.25, 0.3) is 0 Å². The van der Waals surface area contributed by atoms with Crippen LogP contribution < -0.4 is 0 Å². The van der Waals surface area contributed by atoms with Crippen molar-refractivity contribution in [3.63, 3.8) is 0 Å². The predicted molar refractivity (Wildman–Crippen MR) is 84.7 cm³/mol. The fraction of sp³-hybridized carbons (Fsp3) is 1.00. The van der Waals surface area contributed by atoms with Crippen molar-refractivity contribution in [1.82, 2.24) is 0 Å². The lowest BCUT2D eigenvalue weighted by atomic mass is 10.5. The first-order valence-electron chi connectivity index (χ1n) is 5.74. The Hall–Kier alpha value is 1.40. The van der Waals surface area contributed by atoms with E-state index in [1.807, 2.05) is 0 Å². The van der Waals surface area contributed by atoms with Gasteiger partial charge < -0.3 is 0 Å². The Morgan fingerprint density at radius 2 is 0.867 bits per heavy atom. The lowest BCUT2D eigenvalue weighted by molar-refractivity contribution is 1.02. The minimum atomic E-state index is 0.808. The van der Waals surface area contributed by atoms with E-state index < -0.39 is 0 Å². The van der Waals surface area contributed by atoms with Gasteiger partial charge >= 0.3 is 0 Å². The van der Waals surface area contributed by atoms with Crippen molar-refractivity contribution in [2.75, 3.05) is 23.0 Å². The second-order valence-electron chi connectivity index (χ2n) is 2.92. The molecular weight excluding hydrogens is 260 g/mol. The van der Waals surface area contributed by atoms with Gasteiger partial charge in [0.25, 0.3) is 0 Å². The number of thioether (sulfide) groups is 4. The molecule has 0 nitrogen and oxygen atoms in total. The Kier molecular flexibility index (Phi) is 13.0. The lowest BCUT2D eigenvalue weighted by Crippen LogP contribution is -2.08. The van der Waals surface area contributed by atoms with Crippen LogP contribution in [0.3, 0.4) is 0 Å². The summed E-state index contributed by atoms with van der Waals surface area (Å²) in [4.78, 5) is 0. The monoisotopic (exact) mass is 284 g/mol. The standard InChI is InChI=1S/C11H24S4/c1-5-12-10(13-6-2)9-11(14-7-3)15-8-4/h10-11H,5-9H2,1-4H3. The molecule has 0 aliphatic rings. The third-order valence-electron chi connectivity index (χ3n) is 1.80. The third-order valence-corrected chi connectivity index (χ3v) is 7.02. The van der Waals surface area contributed by atoms with Gasteiger partial charge in [-0.2, -0.15) is 0 Å². The van der Waals surface area contributed by atoms with Crippen molar-refractivity contribution in [1.29, 1.82) is 0 Å². The van der Waals surface area contributed by atoms with Gasteiger partial charge in [0.2, 0.25) is 0 Å². The van der Waals surface area contributed by atoms with Gasteiger partial charge in [0.1, 0.15) is 0 Å². The third kappa shape index (κ3) is 9.13. The second kappa shape index (κ2) is 11.9. The summed E-state index contributed by atoms with van der Waals surface area (Å²) in [6.07, 6.45) is 1.36. The summed E-state index contributed by atoms with van der Waals surface area (Å²) in [7, 11) is 0. The van der Waals surface area contributed by atoms with E-state index in [0.29, 0.717) is 0 Å². The Balaban J connectivity index is 3.93. The zero-order valence-corrected chi connectivity index (χ0v) is 13.6. The van der Waals surface area contributed by atoms with E-state index in [-0.39, 0.29) is 0 Å². The first-order valence-corrected chi connectivity index (χ1v) is 9.94. The molecule has 92 valence electrons. The topological polar surface area (TPSA) is 0 Å². The normalized spacial score (nSPS) is 11.6. The van der Waals surface area contributed by atoms with Gasteiger partial charge in [0.05, 0.1) is 9.16 Å². The number of hydrogen-bond acceptors (Lipinski definition) is 4. The molecular formula is C11H24S4. The molecule has 0 amide bonds. The maximum Gasteiger partial charge on any atom is 0.0520 e. The Morgan fingerprint density at radius 1 is 0.600 bits per heavy atom. The van der Waals surface area contributed by atoms with Crippen LogP contribution in [0.4, 0.5) is 0 Å². The first-order chi connectivity index (χ1) is 7.28. The Bertz CT molecular complexity index is 104. The summed E-state index contributed by atoms with van der Waals surface area (Å²) in [5, 5.41) is 0. The largest absolute Gasteiger partial charge is 0.148 e. The molecule has 0 aromatic rings. The van der Waals surface area contributed by atoms with Crippen molar-refractivity contribution in [2.24, 2.45) is 0 Å². The van der Waals surface area contributed by atoms with E-state index in [0.717, 1.165) is 9.16 Å². The van der Waals surface area contributed by atoms with Crippen LogP contribution >= 0.6 is 47.0 Å². The lowest BCUT2D eigenvalue weighted by Gasteiger charge is -2.21. The van der Waals surface area contributed by atoms with E-state index >= 15 is 0 Å². The van der Waals surface area contributed by atoms with E-state index in [9.17, 15) is 0 Å². The Labute approximate surface area is 113 Å². The molecule has 0 aliphatic carbocycles. The summed E-state index contributed by atoms with van der Waals surface area (Å²) in [6, 6.07) is 0. The Morgan fingerprint density at radius 3 is 1.07 bits per heavy atom. The van der Waals surface area contributed by atoms with Crippen LogP contribution in [0.15, 0.2) is 0 Å². The zero-order chi connectivity index (χ0) is 11.5. The van der Waals surface area contributed by atoms with Crippen molar-refractivity contribution in [3.8, 4) is 0 Å². The second-order valence-corrected chi connectivity index (χ2v) is 9.43. The molecule has 0 unspecified atom stereocenters. The van der Waals surface area contributed by atoms with Gasteiger partial charge in [-0.05, 0) is 29.4 Å². The molecule has 0 heterocycles. The molecule has 0 N–H and O–H groups in total. The highest BCUT2D eigenvalue weighted by molar-refractivity contribution is 8.18. The van der Waals surface area contributed by atoms with Gasteiger partial charge in [-0.3, -0.25) is 0 Å². The van der Waals surface area contributed by atoms with Gasteiger partial charge in [-0.1, -0.05) is 27.7 Å². The van der Waals surface area contributed by atoms with Gasteiger partial charge in [0, 0.05) is 0 Å². The van der Waals surface area contributed by atoms with Crippen LogP contribution in [0.1, 0.15) is 34.1 Å². The molecule has 0 atom stereocenters.